The van der Waals surface area contributed by atoms with Gasteiger partial charge in [0.2, 0.25) is 0 Å². The molecule has 0 fully saturated rings. The molecule has 50 heavy (non-hydrogen) atoms. The van der Waals surface area contributed by atoms with Crippen molar-refractivity contribution < 1.29 is 4.42 Å². The zero-order valence-corrected chi connectivity index (χ0v) is 26.9. The van der Waals surface area contributed by atoms with Crippen molar-refractivity contribution in [2.24, 2.45) is 0 Å². The van der Waals surface area contributed by atoms with Crippen LogP contribution in [0.2, 0.25) is 0 Å². The van der Waals surface area contributed by atoms with E-state index in [1.165, 1.54) is 21.8 Å². The van der Waals surface area contributed by atoms with Crippen LogP contribution in [0.4, 0.5) is 0 Å². The van der Waals surface area contributed by atoms with Gasteiger partial charge in [-0.3, -0.25) is 0 Å². The average molecular weight is 641 g/mol. The Labute approximate surface area is 287 Å². The topological polar surface area (TPSA) is 56.7 Å². The minimum absolute atomic E-state index is 0.619. The molecule has 10 rings (SSSR count). The summed E-state index contributed by atoms with van der Waals surface area (Å²) in [6.07, 6.45) is 0. The predicted molar refractivity (Wildman–Crippen MR) is 203 cm³/mol. The van der Waals surface area contributed by atoms with Crippen molar-refractivity contribution in [2.75, 3.05) is 0 Å². The van der Waals surface area contributed by atoms with Gasteiger partial charge in [0, 0.05) is 43.9 Å². The summed E-state index contributed by atoms with van der Waals surface area (Å²) in [5.74, 6) is 1.87. The molecule has 0 spiro atoms. The fraction of sp³-hybridized carbons (Fsp3) is 0. The molecule has 0 aliphatic carbocycles. The van der Waals surface area contributed by atoms with Crippen molar-refractivity contribution in [1.82, 2.24) is 19.5 Å². The summed E-state index contributed by atoms with van der Waals surface area (Å²) in [5, 5.41) is 4.65. The van der Waals surface area contributed by atoms with Gasteiger partial charge < -0.3 is 8.98 Å². The van der Waals surface area contributed by atoms with Crippen molar-refractivity contribution in [3.63, 3.8) is 0 Å². The third-order valence-electron chi connectivity index (χ3n) is 9.49. The van der Waals surface area contributed by atoms with Crippen molar-refractivity contribution in [3.8, 4) is 51.0 Å². The molecular weight excluding hydrogens is 613 g/mol. The second-order valence-corrected chi connectivity index (χ2v) is 12.4. The predicted octanol–water partition coefficient (Wildman–Crippen LogP) is 11.5. The molecule has 0 aliphatic rings. The van der Waals surface area contributed by atoms with Gasteiger partial charge in [-0.1, -0.05) is 115 Å². The number of benzene rings is 7. The molecule has 234 valence electrons. The molecule has 0 N–H and O–H groups in total. The molecule has 0 saturated heterocycles. The Morgan fingerprint density at radius 2 is 0.880 bits per heavy atom. The smallest absolute Gasteiger partial charge is 0.164 e. The molecule has 5 nitrogen and oxygen atoms in total. The Kier molecular flexibility index (Phi) is 6.42. The van der Waals surface area contributed by atoms with Gasteiger partial charge in [0.15, 0.2) is 17.5 Å². The van der Waals surface area contributed by atoms with Crippen molar-refractivity contribution in [3.05, 3.63) is 170 Å². The van der Waals surface area contributed by atoms with E-state index in [1.807, 2.05) is 60.7 Å². The second kappa shape index (κ2) is 11.4. The Hall–Kier alpha value is -6.85. The molecule has 7 aromatic carbocycles. The van der Waals surface area contributed by atoms with Crippen LogP contribution in [0, 0.1) is 0 Å². The van der Waals surface area contributed by atoms with E-state index in [4.69, 9.17) is 19.4 Å². The summed E-state index contributed by atoms with van der Waals surface area (Å²) in [6, 6.07) is 58.6. The van der Waals surface area contributed by atoms with Crippen molar-refractivity contribution in [1.29, 1.82) is 0 Å². The van der Waals surface area contributed by atoms with Gasteiger partial charge in [0.1, 0.15) is 11.2 Å². The number of aromatic nitrogens is 4. The lowest BCUT2D eigenvalue weighted by atomic mass is 9.97. The summed E-state index contributed by atoms with van der Waals surface area (Å²) in [4.78, 5) is 15.2. The van der Waals surface area contributed by atoms with Crippen molar-refractivity contribution >= 4 is 43.7 Å². The summed E-state index contributed by atoms with van der Waals surface area (Å²) < 4.78 is 8.45. The second-order valence-electron chi connectivity index (χ2n) is 12.4. The van der Waals surface area contributed by atoms with Gasteiger partial charge in [-0.05, 0) is 65.7 Å². The number of furan rings is 1. The summed E-state index contributed by atoms with van der Waals surface area (Å²) in [6.45, 7) is 0. The molecule has 3 aromatic heterocycles. The monoisotopic (exact) mass is 640 g/mol. The summed E-state index contributed by atoms with van der Waals surface area (Å²) >= 11 is 0. The molecular formula is C45H28N4O. The average Bonchev–Trinajstić information content (AvgIpc) is 3.74. The van der Waals surface area contributed by atoms with Crippen LogP contribution in [0.3, 0.4) is 0 Å². The van der Waals surface area contributed by atoms with Crippen LogP contribution < -0.4 is 0 Å². The zero-order valence-electron chi connectivity index (χ0n) is 26.9. The number of fused-ring (bicyclic) bond motifs is 6. The number of hydrogen-bond acceptors (Lipinski definition) is 4. The summed E-state index contributed by atoms with van der Waals surface area (Å²) in [5.41, 5.74) is 10.1. The highest BCUT2D eigenvalue weighted by atomic mass is 16.3. The Morgan fingerprint density at radius 3 is 1.60 bits per heavy atom. The van der Waals surface area contributed by atoms with Crippen LogP contribution in [-0.4, -0.2) is 19.5 Å². The highest BCUT2D eigenvalue weighted by Crippen LogP contribution is 2.37. The van der Waals surface area contributed by atoms with Crippen LogP contribution in [0.15, 0.2) is 174 Å². The molecule has 0 saturated carbocycles. The molecule has 5 heteroatoms. The molecule has 0 unspecified atom stereocenters. The number of rotatable bonds is 5. The van der Waals surface area contributed by atoms with Gasteiger partial charge >= 0.3 is 0 Å². The zero-order chi connectivity index (χ0) is 33.0. The molecule has 3 heterocycles. The quantitative estimate of drug-likeness (QED) is 0.188. The third-order valence-corrected chi connectivity index (χ3v) is 9.49. The Morgan fingerprint density at radius 1 is 0.360 bits per heavy atom. The van der Waals surface area contributed by atoms with Crippen LogP contribution >= 0.6 is 0 Å². The molecule has 0 bridgehead atoms. The lowest BCUT2D eigenvalue weighted by Gasteiger charge is -2.13. The maximum absolute atomic E-state index is 6.13. The Balaban J connectivity index is 1.12. The number of nitrogens with zero attached hydrogens (tertiary/aromatic N) is 4. The lowest BCUT2D eigenvalue weighted by molar-refractivity contribution is 0.669. The van der Waals surface area contributed by atoms with Crippen LogP contribution in [0.1, 0.15) is 0 Å². The van der Waals surface area contributed by atoms with Crippen LogP contribution in [0.25, 0.3) is 94.7 Å². The minimum atomic E-state index is 0.619. The third kappa shape index (κ3) is 4.60. The van der Waals surface area contributed by atoms with E-state index < -0.39 is 0 Å². The molecule has 0 radical (unpaired) electrons. The van der Waals surface area contributed by atoms with E-state index in [9.17, 15) is 0 Å². The molecule has 0 aliphatic heterocycles. The van der Waals surface area contributed by atoms with Crippen LogP contribution in [0.5, 0.6) is 0 Å². The van der Waals surface area contributed by atoms with E-state index in [0.29, 0.717) is 17.5 Å². The van der Waals surface area contributed by atoms with E-state index in [0.717, 1.165) is 55.4 Å². The summed E-state index contributed by atoms with van der Waals surface area (Å²) in [7, 11) is 0. The van der Waals surface area contributed by atoms with E-state index >= 15 is 0 Å². The maximum Gasteiger partial charge on any atom is 0.164 e. The lowest BCUT2D eigenvalue weighted by Crippen LogP contribution is -2.01. The minimum Gasteiger partial charge on any atom is -0.456 e. The van der Waals surface area contributed by atoms with E-state index in [-0.39, 0.29) is 0 Å². The van der Waals surface area contributed by atoms with Gasteiger partial charge in [-0.25, -0.2) is 15.0 Å². The first-order valence-electron chi connectivity index (χ1n) is 16.7. The van der Waals surface area contributed by atoms with Gasteiger partial charge in [-0.2, -0.15) is 0 Å². The molecule has 0 atom stereocenters. The highest BCUT2D eigenvalue weighted by Gasteiger charge is 2.18. The highest BCUT2D eigenvalue weighted by molar-refractivity contribution is 6.09. The first-order chi connectivity index (χ1) is 24.8. The van der Waals surface area contributed by atoms with E-state index in [2.05, 4.69) is 114 Å². The Bertz CT molecular complexity index is 2810. The first-order valence-corrected chi connectivity index (χ1v) is 16.7. The largest absolute Gasteiger partial charge is 0.456 e. The first kappa shape index (κ1) is 28.2. The van der Waals surface area contributed by atoms with Gasteiger partial charge in [0.25, 0.3) is 0 Å². The molecule has 0 amide bonds. The molecule has 10 aromatic rings. The van der Waals surface area contributed by atoms with Crippen LogP contribution in [-0.2, 0) is 0 Å². The standard InChI is InChI=1S/C45H28N4O/c1-2-12-29(13-3-1)43-46-44(30-22-25-32(26-23-30)49-39-19-9-6-15-34(39)35-16-7-10-20-40(35)49)48-45(47-43)37-18-5-4-14-33(37)31-24-27-42-38(28-31)36-17-8-11-21-41(36)50-42/h1-28H. The number of para-hydroxylation sites is 3. The normalized spacial score (nSPS) is 11.6. The van der Waals surface area contributed by atoms with Gasteiger partial charge in [-0.15, -0.1) is 0 Å². The fourth-order valence-electron chi connectivity index (χ4n) is 7.13. The maximum atomic E-state index is 6.13. The number of hydrogen-bond donors (Lipinski definition) is 0. The fourth-order valence-corrected chi connectivity index (χ4v) is 7.13. The SMILES string of the molecule is c1ccc(-c2nc(-c3ccc(-n4c5ccccc5c5ccccc54)cc3)nc(-c3ccccc3-c3ccc4oc5ccccc5c4c3)n2)cc1. The van der Waals surface area contributed by atoms with E-state index in [1.54, 1.807) is 0 Å². The van der Waals surface area contributed by atoms with Crippen molar-refractivity contribution in [2.45, 2.75) is 0 Å². The van der Waals surface area contributed by atoms with Gasteiger partial charge in [0.05, 0.1) is 11.0 Å².